The minimum absolute atomic E-state index is 0.0715. The molecule has 144 valence electrons. The standard InChI is InChI=1S/C18H18N6O3S/c1-12-3-5-13(6-4-12)10-23-11-19-17(22-23)21-18(28)20-15-8-7-14(24(25)26)9-16(15)27-2/h3-9,11H,10H2,1-2H3,(H2,20,21,22,28). The number of rotatable bonds is 6. The second-order valence-corrected chi connectivity index (χ2v) is 6.38. The number of aryl methyl sites for hydroxylation is 1. The lowest BCUT2D eigenvalue weighted by atomic mass is 10.1. The lowest BCUT2D eigenvalue weighted by molar-refractivity contribution is -0.384. The average Bonchev–Trinajstić information content (AvgIpc) is 3.10. The summed E-state index contributed by atoms with van der Waals surface area (Å²) >= 11 is 5.26. The number of benzene rings is 2. The number of nitro benzene ring substituents is 1. The average molecular weight is 398 g/mol. The van der Waals surface area contributed by atoms with E-state index in [-0.39, 0.29) is 10.8 Å². The van der Waals surface area contributed by atoms with Gasteiger partial charge in [-0.1, -0.05) is 29.8 Å². The van der Waals surface area contributed by atoms with Gasteiger partial charge in [0, 0.05) is 6.07 Å². The molecule has 0 atom stereocenters. The van der Waals surface area contributed by atoms with Gasteiger partial charge in [0.1, 0.15) is 12.1 Å². The van der Waals surface area contributed by atoms with Crippen molar-refractivity contribution in [1.29, 1.82) is 0 Å². The molecule has 0 radical (unpaired) electrons. The minimum atomic E-state index is -0.493. The van der Waals surface area contributed by atoms with Crippen molar-refractivity contribution in [2.45, 2.75) is 13.5 Å². The number of methoxy groups -OCH3 is 1. The highest BCUT2D eigenvalue weighted by Gasteiger charge is 2.13. The topological polar surface area (TPSA) is 107 Å². The monoisotopic (exact) mass is 398 g/mol. The van der Waals surface area contributed by atoms with Gasteiger partial charge in [0.15, 0.2) is 5.11 Å². The predicted octanol–water partition coefficient (Wildman–Crippen LogP) is 3.36. The minimum Gasteiger partial charge on any atom is -0.494 e. The number of anilines is 2. The van der Waals surface area contributed by atoms with Crippen LogP contribution in [0.3, 0.4) is 0 Å². The van der Waals surface area contributed by atoms with Crippen molar-refractivity contribution in [3.05, 3.63) is 70.0 Å². The highest BCUT2D eigenvalue weighted by Crippen LogP contribution is 2.29. The molecule has 9 nitrogen and oxygen atoms in total. The zero-order valence-corrected chi connectivity index (χ0v) is 16.1. The summed E-state index contributed by atoms with van der Waals surface area (Å²) in [5.74, 6) is 0.640. The molecule has 0 aliphatic carbocycles. The van der Waals surface area contributed by atoms with E-state index in [1.807, 2.05) is 31.2 Å². The maximum atomic E-state index is 10.9. The van der Waals surface area contributed by atoms with Crippen LogP contribution >= 0.6 is 12.2 Å². The number of thiocarbonyl (C=S) groups is 1. The summed E-state index contributed by atoms with van der Waals surface area (Å²) in [6.07, 6.45) is 1.61. The van der Waals surface area contributed by atoms with Crippen LogP contribution in [-0.4, -0.2) is 31.9 Å². The third-order valence-electron chi connectivity index (χ3n) is 3.87. The number of hydrogen-bond acceptors (Lipinski definition) is 6. The molecule has 3 rings (SSSR count). The molecule has 1 heterocycles. The molecule has 0 fully saturated rings. The maximum absolute atomic E-state index is 10.9. The Hall–Kier alpha value is -3.53. The van der Waals surface area contributed by atoms with Crippen molar-refractivity contribution < 1.29 is 9.66 Å². The molecule has 0 bridgehead atoms. The Bertz CT molecular complexity index is 1000. The van der Waals surface area contributed by atoms with Gasteiger partial charge in [-0.25, -0.2) is 9.67 Å². The molecule has 0 aliphatic heterocycles. The number of nitrogens with zero attached hydrogens (tertiary/aromatic N) is 4. The van der Waals surface area contributed by atoms with E-state index in [1.54, 1.807) is 11.0 Å². The molecule has 0 aliphatic rings. The van der Waals surface area contributed by atoms with Gasteiger partial charge in [-0.2, -0.15) is 0 Å². The Morgan fingerprint density at radius 3 is 2.68 bits per heavy atom. The molecule has 0 saturated carbocycles. The lowest BCUT2D eigenvalue weighted by Crippen LogP contribution is -2.20. The second kappa shape index (κ2) is 8.44. The summed E-state index contributed by atoms with van der Waals surface area (Å²) in [6, 6.07) is 12.4. The number of nitro groups is 1. The molecule has 2 N–H and O–H groups in total. The van der Waals surface area contributed by atoms with Crippen molar-refractivity contribution in [2.24, 2.45) is 0 Å². The van der Waals surface area contributed by atoms with E-state index >= 15 is 0 Å². The molecule has 3 aromatic rings. The summed E-state index contributed by atoms with van der Waals surface area (Å²) in [6.45, 7) is 2.63. The Labute approximate surface area is 166 Å². The van der Waals surface area contributed by atoms with Gasteiger partial charge in [0.05, 0.1) is 30.3 Å². The molecule has 28 heavy (non-hydrogen) atoms. The van der Waals surface area contributed by atoms with E-state index in [1.165, 1.54) is 30.9 Å². The van der Waals surface area contributed by atoms with Crippen LogP contribution in [-0.2, 0) is 6.54 Å². The summed E-state index contributed by atoms with van der Waals surface area (Å²) in [7, 11) is 1.43. The van der Waals surface area contributed by atoms with Crippen LogP contribution in [0.15, 0.2) is 48.8 Å². The Balaban J connectivity index is 1.63. The van der Waals surface area contributed by atoms with Gasteiger partial charge < -0.3 is 10.1 Å². The van der Waals surface area contributed by atoms with Crippen LogP contribution in [0.25, 0.3) is 0 Å². The molecule has 0 unspecified atom stereocenters. The van der Waals surface area contributed by atoms with E-state index < -0.39 is 4.92 Å². The molecular formula is C18H18N6O3S. The first-order chi connectivity index (χ1) is 13.4. The van der Waals surface area contributed by atoms with Crippen molar-refractivity contribution in [2.75, 3.05) is 17.7 Å². The molecule has 0 spiro atoms. The zero-order valence-electron chi connectivity index (χ0n) is 15.2. The van der Waals surface area contributed by atoms with Crippen LogP contribution in [0.2, 0.25) is 0 Å². The Kier molecular flexibility index (Phi) is 5.80. The van der Waals surface area contributed by atoms with Gasteiger partial charge in [-0.3, -0.25) is 15.4 Å². The SMILES string of the molecule is COc1cc([N+](=O)[O-])ccc1NC(=S)Nc1ncn(Cc2ccc(C)cc2)n1. The summed E-state index contributed by atoms with van der Waals surface area (Å²) in [5.41, 5.74) is 2.73. The van der Waals surface area contributed by atoms with E-state index in [4.69, 9.17) is 17.0 Å². The Morgan fingerprint density at radius 1 is 1.25 bits per heavy atom. The zero-order chi connectivity index (χ0) is 20.1. The van der Waals surface area contributed by atoms with Crippen molar-refractivity contribution in [3.8, 4) is 5.75 Å². The van der Waals surface area contributed by atoms with Crippen LogP contribution < -0.4 is 15.4 Å². The number of aromatic nitrogens is 3. The number of nitrogens with one attached hydrogen (secondary N) is 2. The van der Waals surface area contributed by atoms with E-state index in [0.717, 1.165) is 5.56 Å². The molecule has 2 aromatic carbocycles. The fraction of sp³-hybridized carbons (Fsp3) is 0.167. The van der Waals surface area contributed by atoms with E-state index in [9.17, 15) is 10.1 Å². The number of hydrogen-bond donors (Lipinski definition) is 2. The molecule has 1 aromatic heterocycles. The highest BCUT2D eigenvalue weighted by molar-refractivity contribution is 7.80. The Morgan fingerprint density at radius 2 is 2.00 bits per heavy atom. The van der Waals surface area contributed by atoms with Crippen LogP contribution in [0.4, 0.5) is 17.3 Å². The molecule has 0 amide bonds. The van der Waals surface area contributed by atoms with Crippen molar-refractivity contribution >= 4 is 34.7 Å². The highest BCUT2D eigenvalue weighted by atomic mass is 32.1. The third-order valence-corrected chi connectivity index (χ3v) is 4.08. The molecular weight excluding hydrogens is 380 g/mol. The second-order valence-electron chi connectivity index (χ2n) is 5.97. The van der Waals surface area contributed by atoms with E-state index in [2.05, 4.69) is 20.7 Å². The van der Waals surface area contributed by atoms with Crippen molar-refractivity contribution in [3.63, 3.8) is 0 Å². The normalized spacial score (nSPS) is 10.4. The smallest absolute Gasteiger partial charge is 0.273 e. The maximum Gasteiger partial charge on any atom is 0.273 e. The third kappa shape index (κ3) is 4.80. The molecule has 0 saturated heterocycles. The largest absolute Gasteiger partial charge is 0.494 e. The lowest BCUT2D eigenvalue weighted by Gasteiger charge is -2.11. The fourth-order valence-electron chi connectivity index (χ4n) is 2.46. The predicted molar refractivity (Wildman–Crippen MR) is 110 cm³/mol. The fourth-order valence-corrected chi connectivity index (χ4v) is 2.66. The van der Waals surface area contributed by atoms with Gasteiger partial charge >= 0.3 is 0 Å². The van der Waals surface area contributed by atoms with Gasteiger partial charge in [0.25, 0.3) is 5.69 Å². The van der Waals surface area contributed by atoms with Gasteiger partial charge in [-0.05, 0) is 30.8 Å². The van der Waals surface area contributed by atoms with Crippen molar-refractivity contribution in [1.82, 2.24) is 14.8 Å². The van der Waals surface area contributed by atoms with Crippen LogP contribution in [0, 0.1) is 17.0 Å². The number of ether oxygens (including phenoxy) is 1. The van der Waals surface area contributed by atoms with E-state index in [0.29, 0.717) is 23.9 Å². The summed E-state index contributed by atoms with van der Waals surface area (Å²) in [5, 5.41) is 21.2. The summed E-state index contributed by atoms with van der Waals surface area (Å²) in [4.78, 5) is 14.6. The van der Waals surface area contributed by atoms with Crippen LogP contribution in [0.5, 0.6) is 5.75 Å². The van der Waals surface area contributed by atoms with Gasteiger partial charge in [-0.15, -0.1) is 5.10 Å². The first kappa shape index (κ1) is 19.2. The first-order valence-corrected chi connectivity index (χ1v) is 8.71. The van der Waals surface area contributed by atoms with Gasteiger partial charge in [0.2, 0.25) is 5.95 Å². The quantitative estimate of drug-likeness (QED) is 0.370. The van der Waals surface area contributed by atoms with Crippen LogP contribution in [0.1, 0.15) is 11.1 Å². The first-order valence-electron chi connectivity index (χ1n) is 8.30. The number of non-ortho nitro benzene ring substituents is 1. The molecule has 10 heteroatoms. The summed E-state index contributed by atoms with van der Waals surface area (Å²) < 4.78 is 6.87.